The number of carbonyl (C=O) groups is 1. The zero-order valence-corrected chi connectivity index (χ0v) is 21.6. The minimum Gasteiger partial charge on any atom is -0.485 e. The first kappa shape index (κ1) is 24.5. The lowest BCUT2D eigenvalue weighted by atomic mass is 10.2. The van der Waals surface area contributed by atoms with Crippen molar-refractivity contribution in [1.82, 2.24) is 19.7 Å². The third-order valence-corrected chi connectivity index (χ3v) is 7.04. The van der Waals surface area contributed by atoms with Gasteiger partial charge in [-0.3, -0.25) is 4.79 Å². The fourth-order valence-corrected chi connectivity index (χ4v) is 5.05. The van der Waals surface area contributed by atoms with Crippen molar-refractivity contribution in [2.24, 2.45) is 0 Å². The van der Waals surface area contributed by atoms with Crippen LogP contribution in [0.4, 0.5) is 5.13 Å². The summed E-state index contributed by atoms with van der Waals surface area (Å²) in [6.45, 7) is 4.86. The van der Waals surface area contributed by atoms with Gasteiger partial charge in [0.25, 0.3) is 0 Å². The smallest absolute Gasteiger partial charge is 0.236 e. The molecule has 11 heteroatoms. The van der Waals surface area contributed by atoms with Gasteiger partial charge in [0.15, 0.2) is 16.1 Å². The summed E-state index contributed by atoms with van der Waals surface area (Å²) >= 11 is 14.6. The topological polar surface area (TPSA) is 81.9 Å². The van der Waals surface area contributed by atoms with E-state index in [0.717, 1.165) is 22.6 Å². The Bertz CT molecular complexity index is 1290. The van der Waals surface area contributed by atoms with Gasteiger partial charge < -0.3 is 14.6 Å². The highest BCUT2D eigenvalue weighted by atomic mass is 35.5. The maximum absolute atomic E-state index is 12.5. The second-order valence-electron chi connectivity index (χ2n) is 7.22. The monoisotopic (exact) mass is 533 g/mol. The van der Waals surface area contributed by atoms with E-state index in [4.69, 9.17) is 27.9 Å². The van der Waals surface area contributed by atoms with Crippen molar-refractivity contribution in [3.05, 3.63) is 69.3 Å². The van der Waals surface area contributed by atoms with Gasteiger partial charge in [0, 0.05) is 27.5 Å². The number of aromatic nitrogens is 4. The van der Waals surface area contributed by atoms with Crippen molar-refractivity contribution in [3.8, 4) is 17.0 Å². The Morgan fingerprint density at radius 3 is 2.65 bits per heavy atom. The molecule has 0 saturated heterocycles. The second-order valence-corrected chi connectivity index (χ2v) is 9.90. The van der Waals surface area contributed by atoms with Gasteiger partial charge in [-0.25, -0.2) is 4.98 Å². The van der Waals surface area contributed by atoms with Crippen LogP contribution in [0, 0.1) is 6.92 Å². The first-order valence-electron chi connectivity index (χ1n) is 10.4. The summed E-state index contributed by atoms with van der Waals surface area (Å²) in [6, 6.07) is 12.9. The van der Waals surface area contributed by atoms with Crippen LogP contribution >= 0.6 is 46.3 Å². The van der Waals surface area contributed by atoms with Gasteiger partial charge in [0.1, 0.15) is 12.4 Å². The first-order valence-corrected chi connectivity index (χ1v) is 13.0. The van der Waals surface area contributed by atoms with Crippen molar-refractivity contribution in [3.63, 3.8) is 0 Å². The zero-order chi connectivity index (χ0) is 24.1. The van der Waals surface area contributed by atoms with Gasteiger partial charge in [0.05, 0.1) is 11.4 Å². The number of nitrogens with one attached hydrogen (secondary N) is 1. The summed E-state index contributed by atoms with van der Waals surface area (Å²) in [5.74, 6) is 1.45. The molecule has 0 fully saturated rings. The lowest BCUT2D eigenvalue weighted by Crippen LogP contribution is -2.14. The summed E-state index contributed by atoms with van der Waals surface area (Å²) in [5, 5.41) is 15.8. The van der Waals surface area contributed by atoms with E-state index in [9.17, 15) is 4.79 Å². The lowest BCUT2D eigenvalue weighted by Gasteiger charge is -2.10. The molecule has 0 aliphatic rings. The average molecular weight is 534 g/mol. The van der Waals surface area contributed by atoms with Gasteiger partial charge in [-0.15, -0.1) is 21.5 Å². The van der Waals surface area contributed by atoms with Gasteiger partial charge in [-0.2, -0.15) is 0 Å². The minimum absolute atomic E-state index is 0.165. The highest BCUT2D eigenvalue weighted by Gasteiger charge is 2.15. The summed E-state index contributed by atoms with van der Waals surface area (Å²) in [7, 11) is 0. The Hall–Kier alpha value is -2.59. The average Bonchev–Trinajstić information content (AvgIpc) is 3.44. The predicted octanol–water partition coefficient (Wildman–Crippen LogP) is 6.35. The molecule has 2 aromatic carbocycles. The quantitative estimate of drug-likeness (QED) is 0.252. The van der Waals surface area contributed by atoms with Crippen LogP contribution in [0.1, 0.15) is 18.3 Å². The van der Waals surface area contributed by atoms with Gasteiger partial charge in [-0.05, 0) is 49.7 Å². The van der Waals surface area contributed by atoms with E-state index in [2.05, 4.69) is 20.5 Å². The zero-order valence-electron chi connectivity index (χ0n) is 18.4. The molecule has 0 spiro atoms. The molecule has 176 valence electrons. The van der Waals surface area contributed by atoms with Crippen molar-refractivity contribution in [1.29, 1.82) is 0 Å². The molecular formula is C23H21Cl2N5O2S2. The number of nitrogens with zero attached hydrogens (tertiary/aromatic N) is 4. The van der Waals surface area contributed by atoms with E-state index in [1.54, 1.807) is 6.07 Å². The molecular weight excluding hydrogens is 513 g/mol. The van der Waals surface area contributed by atoms with Gasteiger partial charge in [0.2, 0.25) is 5.91 Å². The Labute approximate surface area is 215 Å². The molecule has 4 aromatic rings. The highest BCUT2D eigenvalue weighted by Crippen LogP contribution is 2.27. The lowest BCUT2D eigenvalue weighted by molar-refractivity contribution is -0.113. The predicted molar refractivity (Wildman–Crippen MR) is 138 cm³/mol. The number of amides is 1. The van der Waals surface area contributed by atoms with Crippen LogP contribution < -0.4 is 10.1 Å². The molecule has 1 amide bonds. The van der Waals surface area contributed by atoms with Gasteiger partial charge in [-0.1, -0.05) is 47.1 Å². The van der Waals surface area contributed by atoms with E-state index >= 15 is 0 Å². The van der Waals surface area contributed by atoms with Crippen LogP contribution in [0.3, 0.4) is 0 Å². The van der Waals surface area contributed by atoms with Crippen molar-refractivity contribution in [2.75, 3.05) is 11.1 Å². The summed E-state index contributed by atoms with van der Waals surface area (Å²) in [5.41, 5.74) is 2.67. The number of aryl methyl sites for hydroxylation is 1. The summed E-state index contributed by atoms with van der Waals surface area (Å²) in [6.07, 6.45) is 0. The molecule has 0 bridgehead atoms. The fourth-order valence-electron chi connectivity index (χ4n) is 3.14. The molecule has 0 unspecified atom stereocenters. The molecule has 0 aliphatic carbocycles. The second kappa shape index (κ2) is 11.2. The SMILES string of the molecule is CCn1c(COc2ccc(Cl)cc2C)nnc1SCC(=O)Nc1nc(-c2ccc(Cl)cc2)cs1. The largest absolute Gasteiger partial charge is 0.485 e. The maximum atomic E-state index is 12.5. The molecule has 0 aliphatic heterocycles. The standard InChI is InChI=1S/C23H21Cl2N5O2S2/c1-3-30-20(11-32-19-9-8-17(25)10-14(19)2)28-29-23(30)34-13-21(31)27-22-26-18(12-33-22)15-4-6-16(24)7-5-15/h4-10,12H,3,11,13H2,1-2H3,(H,26,27,31). The molecule has 0 saturated carbocycles. The first-order chi connectivity index (χ1) is 16.4. The molecule has 2 aromatic heterocycles. The van der Waals surface area contributed by atoms with E-state index in [-0.39, 0.29) is 18.3 Å². The van der Waals surface area contributed by atoms with E-state index in [1.807, 2.05) is 60.2 Å². The Morgan fingerprint density at radius 2 is 1.91 bits per heavy atom. The normalized spacial score (nSPS) is 10.9. The van der Waals surface area contributed by atoms with Crippen molar-refractivity contribution >= 4 is 57.3 Å². The van der Waals surface area contributed by atoms with E-state index in [0.29, 0.717) is 32.7 Å². The third-order valence-electron chi connectivity index (χ3n) is 4.83. The minimum atomic E-state index is -0.165. The molecule has 0 atom stereocenters. The van der Waals surface area contributed by atoms with Gasteiger partial charge >= 0.3 is 0 Å². The fraction of sp³-hybridized carbons (Fsp3) is 0.217. The number of carbonyl (C=O) groups excluding carboxylic acids is 1. The summed E-state index contributed by atoms with van der Waals surface area (Å²) in [4.78, 5) is 17.0. The van der Waals surface area contributed by atoms with Crippen LogP contribution in [0.5, 0.6) is 5.75 Å². The highest BCUT2D eigenvalue weighted by molar-refractivity contribution is 7.99. The molecule has 2 heterocycles. The third kappa shape index (κ3) is 6.09. The number of rotatable bonds is 9. The molecule has 34 heavy (non-hydrogen) atoms. The Morgan fingerprint density at radius 1 is 1.15 bits per heavy atom. The molecule has 0 radical (unpaired) electrons. The number of anilines is 1. The number of hydrogen-bond donors (Lipinski definition) is 1. The molecule has 7 nitrogen and oxygen atoms in total. The maximum Gasteiger partial charge on any atom is 0.236 e. The van der Waals surface area contributed by atoms with Crippen molar-refractivity contribution in [2.45, 2.75) is 32.2 Å². The Kier molecular flexibility index (Phi) is 8.10. The van der Waals surface area contributed by atoms with Crippen LogP contribution in [0.2, 0.25) is 10.0 Å². The Balaban J connectivity index is 1.33. The van der Waals surface area contributed by atoms with Crippen LogP contribution in [-0.4, -0.2) is 31.4 Å². The van der Waals surface area contributed by atoms with E-state index < -0.39 is 0 Å². The molecule has 4 rings (SSSR count). The van der Waals surface area contributed by atoms with Crippen LogP contribution in [0.15, 0.2) is 53.0 Å². The van der Waals surface area contributed by atoms with Crippen LogP contribution in [-0.2, 0) is 17.9 Å². The number of thiazole rings is 1. The number of thioether (sulfide) groups is 1. The number of ether oxygens (including phenoxy) is 1. The number of halogens is 2. The molecule has 1 N–H and O–H groups in total. The van der Waals surface area contributed by atoms with Crippen LogP contribution in [0.25, 0.3) is 11.3 Å². The summed E-state index contributed by atoms with van der Waals surface area (Å²) < 4.78 is 7.83. The number of benzene rings is 2. The number of hydrogen-bond acceptors (Lipinski definition) is 7. The van der Waals surface area contributed by atoms with Crippen molar-refractivity contribution < 1.29 is 9.53 Å². The van der Waals surface area contributed by atoms with E-state index in [1.165, 1.54) is 23.1 Å².